The molecule has 0 saturated carbocycles. The summed E-state index contributed by atoms with van der Waals surface area (Å²) < 4.78 is 71.7. The van der Waals surface area contributed by atoms with Crippen molar-refractivity contribution in [3.8, 4) is 5.69 Å². The van der Waals surface area contributed by atoms with Crippen LogP contribution in [-0.4, -0.2) is 54.6 Å². The molecule has 5 rings (SSSR count). The molecule has 2 aromatic heterocycles. The number of rotatable bonds is 5. The Labute approximate surface area is 211 Å². The monoisotopic (exact) mass is 618 g/mol. The molecule has 1 aliphatic heterocycles. The van der Waals surface area contributed by atoms with Gasteiger partial charge in [0.2, 0.25) is 0 Å². The normalized spacial score (nSPS) is 14.4. The molecule has 3 heterocycles. The molecular formula is C23H18F3InN4O4S. The third kappa shape index (κ3) is 4.45. The topological polar surface area (TPSA) is 121 Å². The summed E-state index contributed by atoms with van der Waals surface area (Å²) in [5.74, 6) is 0.0660. The van der Waals surface area contributed by atoms with Gasteiger partial charge in [0.15, 0.2) is 0 Å². The second-order valence-electron chi connectivity index (χ2n) is 8.57. The number of carbonyl (C=O) groups excluding carboxylic acids is 1. The van der Waals surface area contributed by atoms with Crippen LogP contribution >= 0.6 is 0 Å². The summed E-state index contributed by atoms with van der Waals surface area (Å²) in [6.07, 6.45) is -1.79. The number of halogens is 3. The van der Waals surface area contributed by atoms with Crippen molar-refractivity contribution in [3.05, 3.63) is 71.6 Å². The first kappa shape index (κ1) is 24.6. The fourth-order valence-electron chi connectivity index (χ4n) is 4.37. The van der Waals surface area contributed by atoms with Gasteiger partial charge >= 0.3 is 212 Å². The van der Waals surface area contributed by atoms with E-state index in [2.05, 4.69) is 10.3 Å². The van der Waals surface area contributed by atoms with Crippen molar-refractivity contribution in [3.63, 3.8) is 0 Å². The molecule has 0 atom stereocenters. The van der Waals surface area contributed by atoms with E-state index in [0.717, 1.165) is 22.6 Å². The van der Waals surface area contributed by atoms with Gasteiger partial charge in [-0.2, -0.15) is 0 Å². The van der Waals surface area contributed by atoms with Crippen molar-refractivity contribution in [2.75, 3.05) is 12.0 Å². The fraction of sp³-hybridized carbons (Fsp3) is 0.174. The van der Waals surface area contributed by atoms with Crippen molar-refractivity contribution < 1.29 is 30.9 Å². The molecule has 0 aliphatic carbocycles. The van der Waals surface area contributed by atoms with Gasteiger partial charge in [-0.1, -0.05) is 0 Å². The molecule has 2 N–H and O–H groups in total. The standard InChI is InChI=1S/C12H6F3N4O2.C11H12O2S.In/c13-12(14,15)10-4-7(5-20)19(17-10)6-1-2-9-8(3-6)11(16)18-21-9;1-4-9(2)10-7-5-6-8-11(10)14(3,12)13;/h1-4H,(H2,16,18);4-8H,1-2H2,3H3;. The molecule has 0 amide bonds. The first-order valence-corrected chi connectivity index (χ1v) is 19.0. The molecule has 2 aromatic carbocycles. The van der Waals surface area contributed by atoms with Crippen molar-refractivity contribution >= 4 is 57.2 Å². The number of alkyl halides is 3. The van der Waals surface area contributed by atoms with E-state index in [1.807, 2.05) is 6.08 Å². The number of aromatic nitrogens is 3. The Morgan fingerprint density at radius 1 is 1.17 bits per heavy atom. The first-order chi connectivity index (χ1) is 16.9. The van der Waals surface area contributed by atoms with Crippen LogP contribution in [0.15, 0.2) is 64.0 Å². The number of nitrogens with two attached hydrogens (primary N) is 1. The zero-order valence-corrected chi connectivity index (χ0v) is 22.9. The Balaban J connectivity index is 1.52. The fourth-order valence-corrected chi connectivity index (χ4v) is 12.9. The molecule has 4 aromatic rings. The van der Waals surface area contributed by atoms with Crippen molar-refractivity contribution in [1.29, 1.82) is 0 Å². The second-order valence-corrected chi connectivity index (χ2v) is 18.5. The number of nitrogen functional groups attached to an aromatic ring is 1. The van der Waals surface area contributed by atoms with E-state index in [1.165, 1.54) is 24.3 Å². The molecule has 0 radical (unpaired) electrons. The van der Waals surface area contributed by atoms with Crippen LogP contribution < -0.4 is 5.73 Å². The zero-order valence-electron chi connectivity index (χ0n) is 18.8. The molecular weight excluding hydrogens is 600 g/mol. The molecule has 0 bridgehead atoms. The first-order valence-electron chi connectivity index (χ1n) is 10.8. The van der Waals surface area contributed by atoms with E-state index in [9.17, 15) is 26.4 Å². The number of hydrogen-bond donors (Lipinski definition) is 1. The SMILES string of the molecule is CS(=O)(=O)c1ccccc1C1=C[CH2][In]([C](=O)c2cc(C(F)(F)F)nn2-c2ccc3onc(N)c3c2)[CH2]1. The number of carbonyl (C=O) groups is 1. The van der Waals surface area contributed by atoms with Gasteiger partial charge in [-0.15, -0.1) is 0 Å². The summed E-state index contributed by atoms with van der Waals surface area (Å²) in [5.41, 5.74) is 6.30. The molecule has 36 heavy (non-hydrogen) atoms. The number of benzene rings is 2. The number of anilines is 1. The Morgan fingerprint density at radius 2 is 1.92 bits per heavy atom. The summed E-state index contributed by atoms with van der Waals surface area (Å²) in [4.78, 5) is 13.7. The van der Waals surface area contributed by atoms with Crippen LogP contribution in [0.4, 0.5) is 19.0 Å². The van der Waals surface area contributed by atoms with Gasteiger partial charge in [-0.05, 0) is 0 Å². The molecule has 1 aliphatic rings. The number of fused-ring (bicyclic) bond motifs is 1. The minimum atomic E-state index is -4.75. The third-order valence-corrected chi connectivity index (χ3v) is 15.2. The Kier molecular flexibility index (Phi) is 6.02. The predicted molar refractivity (Wildman–Crippen MR) is 128 cm³/mol. The van der Waals surface area contributed by atoms with E-state index in [1.54, 1.807) is 18.2 Å². The van der Waals surface area contributed by atoms with Crippen LogP contribution in [0.2, 0.25) is 8.35 Å². The van der Waals surface area contributed by atoms with Gasteiger partial charge in [-0.25, -0.2) is 0 Å². The summed E-state index contributed by atoms with van der Waals surface area (Å²) >= 11 is -3.21. The summed E-state index contributed by atoms with van der Waals surface area (Å²) in [6, 6.07) is 11.8. The number of hydrogen-bond acceptors (Lipinski definition) is 7. The molecule has 0 fully saturated rings. The third-order valence-electron chi connectivity index (χ3n) is 6.10. The molecule has 8 nitrogen and oxygen atoms in total. The van der Waals surface area contributed by atoms with Gasteiger partial charge in [-0.3, -0.25) is 0 Å². The van der Waals surface area contributed by atoms with E-state index in [-0.39, 0.29) is 25.6 Å². The van der Waals surface area contributed by atoms with Crippen LogP contribution in [0, 0.1) is 0 Å². The van der Waals surface area contributed by atoms with E-state index in [0.29, 0.717) is 24.9 Å². The molecule has 0 saturated heterocycles. The van der Waals surface area contributed by atoms with Crippen LogP contribution in [0.1, 0.15) is 21.7 Å². The van der Waals surface area contributed by atoms with Crippen molar-refractivity contribution in [2.45, 2.75) is 19.4 Å². The van der Waals surface area contributed by atoms with Gasteiger partial charge in [0.05, 0.1) is 0 Å². The maximum absolute atomic E-state index is 13.6. The molecule has 184 valence electrons. The average Bonchev–Trinajstić information content (AvgIpc) is 3.56. The summed E-state index contributed by atoms with van der Waals surface area (Å²) in [7, 11) is -3.50. The maximum atomic E-state index is 13.6. The van der Waals surface area contributed by atoms with E-state index in [4.69, 9.17) is 10.3 Å². The van der Waals surface area contributed by atoms with Gasteiger partial charge < -0.3 is 0 Å². The van der Waals surface area contributed by atoms with Crippen LogP contribution in [0.3, 0.4) is 0 Å². The quantitative estimate of drug-likeness (QED) is 0.354. The van der Waals surface area contributed by atoms with E-state index >= 15 is 0 Å². The van der Waals surface area contributed by atoms with Crippen LogP contribution in [0.5, 0.6) is 0 Å². The van der Waals surface area contributed by atoms with Gasteiger partial charge in [0, 0.05) is 0 Å². The summed E-state index contributed by atoms with van der Waals surface area (Å²) in [5, 5.41) is 7.74. The molecule has 0 unspecified atom stereocenters. The number of allylic oxidation sites excluding steroid dienone is 2. The van der Waals surface area contributed by atoms with Crippen molar-refractivity contribution in [2.24, 2.45) is 0 Å². The zero-order chi connectivity index (χ0) is 25.8. The second kappa shape index (κ2) is 8.80. The number of sulfone groups is 1. The minimum absolute atomic E-state index is 0.0660. The van der Waals surface area contributed by atoms with Gasteiger partial charge in [0.25, 0.3) is 0 Å². The van der Waals surface area contributed by atoms with Gasteiger partial charge in [0.1, 0.15) is 0 Å². The Bertz CT molecular complexity index is 1660. The number of nitrogens with zero attached hydrogens (tertiary/aromatic N) is 3. The molecule has 0 spiro atoms. The average molecular weight is 618 g/mol. The van der Waals surface area contributed by atoms with Crippen molar-refractivity contribution in [1.82, 2.24) is 14.9 Å². The predicted octanol–water partition coefficient (Wildman–Crippen LogP) is 4.33. The Hall–Kier alpha value is -3.06. The summed E-state index contributed by atoms with van der Waals surface area (Å²) in [6.45, 7) is 0. The van der Waals surface area contributed by atoms with E-state index < -0.39 is 43.1 Å². The van der Waals surface area contributed by atoms with Crippen LogP contribution in [-0.2, 0) is 16.0 Å². The van der Waals surface area contributed by atoms with Crippen LogP contribution in [0.25, 0.3) is 22.2 Å². The molecule has 13 heteroatoms. The Morgan fingerprint density at radius 3 is 2.64 bits per heavy atom.